The molecule has 0 saturated carbocycles. The second kappa shape index (κ2) is 7.64. The van der Waals surface area contributed by atoms with E-state index in [0.29, 0.717) is 16.3 Å². The molecule has 2 saturated heterocycles. The van der Waals surface area contributed by atoms with Gasteiger partial charge in [-0.15, -0.1) is 6.58 Å². The lowest BCUT2D eigenvalue weighted by Gasteiger charge is -2.36. The number of anilines is 1. The van der Waals surface area contributed by atoms with Crippen LogP contribution in [0.15, 0.2) is 61.2 Å². The number of halogens is 1. The number of ketones is 1. The standard InChI is InChI=1S/C25H21ClN2O4/c1-3-11-27-24(30)20-19-9-7-14-12-16(26)8-10-18(14)28(19)22(21(20)25(27)31)23(29)15-5-4-6-17(13-15)32-2/h3-10,12-13,19-22H,1,11H2,2H3/t19-,20-,21-,22-/m0/s1. The number of hydrogen-bond acceptors (Lipinski definition) is 5. The van der Waals surface area contributed by atoms with E-state index in [0.717, 1.165) is 11.3 Å². The molecule has 7 heteroatoms. The van der Waals surface area contributed by atoms with Crippen LogP contribution in [0, 0.1) is 11.8 Å². The first kappa shape index (κ1) is 20.5. The highest BCUT2D eigenvalue weighted by Gasteiger charge is 2.63. The van der Waals surface area contributed by atoms with Crippen LogP contribution in [0.25, 0.3) is 6.08 Å². The molecular weight excluding hydrogens is 428 g/mol. The number of ether oxygens (including phenoxy) is 1. The molecule has 3 heterocycles. The number of imide groups is 1. The molecule has 3 aliphatic heterocycles. The summed E-state index contributed by atoms with van der Waals surface area (Å²) in [6, 6.07) is 11.1. The summed E-state index contributed by atoms with van der Waals surface area (Å²) in [7, 11) is 1.53. The smallest absolute Gasteiger partial charge is 0.236 e. The largest absolute Gasteiger partial charge is 0.497 e. The molecule has 4 atom stereocenters. The second-order valence-corrected chi connectivity index (χ2v) is 8.56. The van der Waals surface area contributed by atoms with Gasteiger partial charge in [-0.3, -0.25) is 19.3 Å². The first-order valence-corrected chi connectivity index (χ1v) is 10.7. The lowest BCUT2D eigenvalue weighted by Crippen LogP contribution is -2.48. The molecule has 162 valence electrons. The number of Topliss-reactive ketones (excluding diaryl/α,β-unsaturated/α-hetero) is 1. The third-order valence-electron chi connectivity index (χ3n) is 6.49. The van der Waals surface area contributed by atoms with Gasteiger partial charge in [0.15, 0.2) is 5.78 Å². The summed E-state index contributed by atoms with van der Waals surface area (Å²) < 4.78 is 5.29. The number of carbonyl (C=O) groups excluding carboxylic acids is 3. The lowest BCUT2D eigenvalue weighted by atomic mass is 9.86. The molecule has 2 fully saturated rings. The highest BCUT2D eigenvalue weighted by atomic mass is 35.5. The minimum absolute atomic E-state index is 0.132. The van der Waals surface area contributed by atoms with Crippen LogP contribution in [0.5, 0.6) is 5.75 Å². The summed E-state index contributed by atoms with van der Waals surface area (Å²) in [6.45, 7) is 3.80. The Morgan fingerprint density at radius 2 is 1.94 bits per heavy atom. The topological polar surface area (TPSA) is 66.9 Å². The minimum Gasteiger partial charge on any atom is -0.497 e. The lowest BCUT2D eigenvalue weighted by molar-refractivity contribution is -0.139. The van der Waals surface area contributed by atoms with E-state index in [-0.39, 0.29) is 24.1 Å². The number of benzene rings is 2. The zero-order valence-corrected chi connectivity index (χ0v) is 18.2. The quantitative estimate of drug-likeness (QED) is 0.397. The number of carbonyl (C=O) groups is 3. The molecule has 0 unspecified atom stereocenters. The maximum absolute atomic E-state index is 13.9. The summed E-state index contributed by atoms with van der Waals surface area (Å²) in [5.74, 6) is -1.69. The number of methoxy groups -OCH3 is 1. The van der Waals surface area contributed by atoms with Crippen LogP contribution in [0.4, 0.5) is 5.69 Å². The predicted octanol–water partition coefficient (Wildman–Crippen LogP) is 3.60. The molecule has 0 aromatic heterocycles. The number of fused-ring (bicyclic) bond motifs is 5. The number of likely N-dealkylation sites (tertiary alicyclic amines) is 1. The Labute approximate surface area is 190 Å². The van der Waals surface area contributed by atoms with Gasteiger partial charge in [-0.25, -0.2) is 0 Å². The Morgan fingerprint density at radius 3 is 2.69 bits per heavy atom. The monoisotopic (exact) mass is 448 g/mol. The summed E-state index contributed by atoms with van der Waals surface area (Å²) in [5.41, 5.74) is 2.06. The van der Waals surface area contributed by atoms with Gasteiger partial charge in [-0.2, -0.15) is 0 Å². The number of rotatable bonds is 5. The fourth-order valence-electron chi connectivity index (χ4n) is 5.16. The van der Waals surface area contributed by atoms with E-state index in [1.165, 1.54) is 18.1 Å². The molecule has 0 bridgehead atoms. The van der Waals surface area contributed by atoms with Crippen molar-refractivity contribution in [1.82, 2.24) is 4.90 Å². The molecule has 6 nitrogen and oxygen atoms in total. The van der Waals surface area contributed by atoms with Crippen molar-refractivity contribution in [2.45, 2.75) is 12.1 Å². The Kier molecular flexibility index (Phi) is 4.90. The molecule has 32 heavy (non-hydrogen) atoms. The van der Waals surface area contributed by atoms with Crippen LogP contribution in [0.2, 0.25) is 5.02 Å². The average Bonchev–Trinajstić information content (AvgIpc) is 3.27. The van der Waals surface area contributed by atoms with Crippen LogP contribution in [-0.2, 0) is 9.59 Å². The van der Waals surface area contributed by atoms with E-state index in [9.17, 15) is 14.4 Å². The molecule has 0 radical (unpaired) electrons. The van der Waals surface area contributed by atoms with Crippen molar-refractivity contribution in [2.75, 3.05) is 18.6 Å². The third-order valence-corrected chi connectivity index (χ3v) is 6.73. The predicted molar refractivity (Wildman–Crippen MR) is 122 cm³/mol. The summed E-state index contributed by atoms with van der Waals surface area (Å²) in [4.78, 5) is 43.6. The Morgan fingerprint density at radius 1 is 1.16 bits per heavy atom. The first-order chi connectivity index (χ1) is 15.5. The van der Waals surface area contributed by atoms with Gasteiger partial charge in [-0.1, -0.05) is 42.0 Å². The number of amides is 2. The van der Waals surface area contributed by atoms with E-state index in [1.807, 2.05) is 29.2 Å². The zero-order chi connectivity index (χ0) is 22.6. The van der Waals surface area contributed by atoms with Gasteiger partial charge in [-0.05, 0) is 35.9 Å². The van der Waals surface area contributed by atoms with Gasteiger partial charge < -0.3 is 9.64 Å². The van der Waals surface area contributed by atoms with Crippen molar-refractivity contribution >= 4 is 41.0 Å². The van der Waals surface area contributed by atoms with Gasteiger partial charge in [0.1, 0.15) is 11.8 Å². The van der Waals surface area contributed by atoms with E-state index in [1.54, 1.807) is 30.3 Å². The molecule has 5 rings (SSSR count). The average molecular weight is 449 g/mol. The Balaban J connectivity index is 1.66. The minimum atomic E-state index is -0.826. The molecular formula is C25H21ClN2O4. The maximum Gasteiger partial charge on any atom is 0.236 e. The summed E-state index contributed by atoms with van der Waals surface area (Å²) >= 11 is 6.19. The van der Waals surface area contributed by atoms with Crippen LogP contribution >= 0.6 is 11.6 Å². The van der Waals surface area contributed by atoms with Crippen LogP contribution in [0.1, 0.15) is 15.9 Å². The molecule has 2 aromatic carbocycles. The van der Waals surface area contributed by atoms with Gasteiger partial charge in [0.2, 0.25) is 11.8 Å². The highest BCUT2D eigenvalue weighted by Crippen LogP contribution is 2.49. The molecule has 0 N–H and O–H groups in total. The Hall–Kier alpha value is -3.38. The second-order valence-electron chi connectivity index (χ2n) is 8.13. The van der Waals surface area contributed by atoms with Gasteiger partial charge in [0.05, 0.1) is 25.0 Å². The van der Waals surface area contributed by atoms with Crippen molar-refractivity contribution in [1.29, 1.82) is 0 Å². The summed E-state index contributed by atoms with van der Waals surface area (Å²) in [6.07, 6.45) is 5.34. The van der Waals surface area contributed by atoms with Crippen LogP contribution in [0.3, 0.4) is 0 Å². The van der Waals surface area contributed by atoms with Crippen LogP contribution in [-0.4, -0.2) is 48.2 Å². The maximum atomic E-state index is 13.9. The highest BCUT2D eigenvalue weighted by molar-refractivity contribution is 6.30. The molecule has 3 aliphatic rings. The van der Waals surface area contributed by atoms with Crippen molar-refractivity contribution in [2.24, 2.45) is 11.8 Å². The van der Waals surface area contributed by atoms with E-state index in [2.05, 4.69) is 6.58 Å². The van der Waals surface area contributed by atoms with Gasteiger partial charge >= 0.3 is 0 Å². The van der Waals surface area contributed by atoms with Gasteiger partial charge in [0, 0.05) is 22.8 Å². The van der Waals surface area contributed by atoms with Crippen molar-refractivity contribution < 1.29 is 19.1 Å². The fraction of sp³-hybridized carbons (Fsp3) is 0.240. The molecule has 0 spiro atoms. The Bertz CT molecular complexity index is 1190. The van der Waals surface area contributed by atoms with Crippen LogP contribution < -0.4 is 9.64 Å². The first-order valence-electron chi connectivity index (χ1n) is 10.4. The van der Waals surface area contributed by atoms with Crippen molar-refractivity contribution in [3.63, 3.8) is 0 Å². The van der Waals surface area contributed by atoms with Crippen molar-refractivity contribution in [3.05, 3.63) is 77.3 Å². The number of nitrogens with zero attached hydrogens (tertiary/aromatic N) is 2. The van der Waals surface area contributed by atoms with E-state index >= 15 is 0 Å². The fourth-order valence-corrected chi connectivity index (χ4v) is 5.34. The molecule has 2 amide bonds. The number of hydrogen-bond donors (Lipinski definition) is 0. The van der Waals surface area contributed by atoms with Crippen molar-refractivity contribution in [3.8, 4) is 5.75 Å². The molecule has 0 aliphatic carbocycles. The zero-order valence-electron chi connectivity index (χ0n) is 17.4. The molecule has 2 aromatic rings. The third kappa shape index (κ3) is 2.90. The van der Waals surface area contributed by atoms with E-state index in [4.69, 9.17) is 16.3 Å². The summed E-state index contributed by atoms with van der Waals surface area (Å²) in [5, 5.41) is 0.575. The normalized spacial score (nSPS) is 25.4. The van der Waals surface area contributed by atoms with Gasteiger partial charge in [0.25, 0.3) is 0 Å². The van der Waals surface area contributed by atoms with E-state index < -0.39 is 23.9 Å². The SMILES string of the molecule is C=CCN1C(=O)[C@@H]2[C@H](C1=O)[C@@H](C(=O)c1cccc(OC)c1)N1c3ccc(Cl)cc3C=C[C@@H]21.